The lowest BCUT2D eigenvalue weighted by atomic mass is 10.2. The Morgan fingerprint density at radius 2 is 1.93 bits per heavy atom. The smallest absolute Gasteiger partial charge is 0.243 e. The average molecular weight is 443 g/mol. The second kappa shape index (κ2) is 10.0. The fourth-order valence-corrected chi connectivity index (χ4v) is 4.82. The lowest BCUT2D eigenvalue weighted by Gasteiger charge is -2.28. The molecule has 1 atom stereocenters. The van der Waals surface area contributed by atoms with Crippen LogP contribution in [0, 0.1) is 0 Å². The van der Waals surface area contributed by atoms with Gasteiger partial charge in [0.2, 0.25) is 15.9 Å². The van der Waals surface area contributed by atoms with Gasteiger partial charge in [0, 0.05) is 17.2 Å². The van der Waals surface area contributed by atoms with Gasteiger partial charge in [-0.15, -0.1) is 11.8 Å². The van der Waals surface area contributed by atoms with Crippen LogP contribution in [-0.4, -0.2) is 46.0 Å². The summed E-state index contributed by atoms with van der Waals surface area (Å²) in [6.45, 7) is 1.96. The quantitative estimate of drug-likeness (QED) is 0.475. The molecule has 28 heavy (non-hydrogen) atoms. The minimum absolute atomic E-state index is 0.264. The molecule has 1 N–H and O–H groups in total. The molecule has 1 amide bonds. The predicted octanol–water partition coefficient (Wildman–Crippen LogP) is 3.41. The highest BCUT2D eigenvalue weighted by Gasteiger charge is 2.29. The fraction of sp³-hybridized carbons (Fsp3) is 0.316. The van der Waals surface area contributed by atoms with Gasteiger partial charge >= 0.3 is 0 Å². The Kier molecular flexibility index (Phi) is 8.03. The molecule has 0 aliphatic rings. The molecule has 0 saturated heterocycles. The van der Waals surface area contributed by atoms with Gasteiger partial charge in [-0.3, -0.25) is 9.10 Å². The Morgan fingerprint density at radius 1 is 1.25 bits per heavy atom. The van der Waals surface area contributed by atoms with E-state index in [-0.39, 0.29) is 10.9 Å². The van der Waals surface area contributed by atoms with Crippen molar-refractivity contribution in [2.75, 3.05) is 30.0 Å². The Bertz CT molecular complexity index is 907. The van der Waals surface area contributed by atoms with Gasteiger partial charge in [0.25, 0.3) is 0 Å². The van der Waals surface area contributed by atoms with E-state index < -0.39 is 16.1 Å². The van der Waals surface area contributed by atoms with E-state index in [1.165, 1.54) is 13.2 Å². The first-order valence-electron chi connectivity index (χ1n) is 8.52. The van der Waals surface area contributed by atoms with Crippen LogP contribution in [0.3, 0.4) is 0 Å². The normalized spacial score (nSPS) is 12.3. The minimum atomic E-state index is -3.70. The standard InChI is InChI=1S/C19H23ClN2O4S2/c1-14(19(23)21-11-12-27-16-7-5-4-6-8-16)22(28(3,24)25)15-9-10-18(26-2)17(20)13-15/h4-10,13-14H,11-12H2,1-3H3,(H,21,23)/t14-/m0/s1. The van der Waals surface area contributed by atoms with E-state index in [2.05, 4.69) is 5.32 Å². The molecule has 0 unspecified atom stereocenters. The van der Waals surface area contributed by atoms with Crippen molar-refractivity contribution < 1.29 is 17.9 Å². The van der Waals surface area contributed by atoms with Crippen molar-refractivity contribution >= 4 is 45.0 Å². The largest absolute Gasteiger partial charge is 0.495 e. The summed E-state index contributed by atoms with van der Waals surface area (Å²) in [6.07, 6.45) is 1.06. The number of carbonyl (C=O) groups excluding carboxylic acids is 1. The molecule has 2 aromatic rings. The van der Waals surface area contributed by atoms with Gasteiger partial charge in [-0.1, -0.05) is 29.8 Å². The SMILES string of the molecule is COc1ccc(N([C@@H](C)C(=O)NCCSc2ccccc2)S(C)(=O)=O)cc1Cl. The second-order valence-corrected chi connectivity index (χ2v) is 9.44. The zero-order valence-corrected chi connectivity index (χ0v) is 18.3. The Hall–Kier alpha value is -1.90. The zero-order chi connectivity index (χ0) is 20.7. The zero-order valence-electron chi connectivity index (χ0n) is 15.9. The van der Waals surface area contributed by atoms with E-state index >= 15 is 0 Å². The van der Waals surface area contributed by atoms with E-state index in [4.69, 9.17) is 16.3 Å². The number of rotatable bonds is 9. The van der Waals surface area contributed by atoms with Gasteiger partial charge in [0.1, 0.15) is 11.8 Å². The summed E-state index contributed by atoms with van der Waals surface area (Å²) in [5.74, 6) is 0.718. The molecular formula is C19H23ClN2O4S2. The van der Waals surface area contributed by atoms with E-state index in [9.17, 15) is 13.2 Å². The molecule has 0 aliphatic carbocycles. The summed E-state index contributed by atoms with van der Waals surface area (Å²) < 4.78 is 30.8. The molecule has 0 radical (unpaired) electrons. The van der Waals surface area contributed by atoms with Crippen LogP contribution in [0.1, 0.15) is 6.92 Å². The number of benzene rings is 2. The highest BCUT2D eigenvalue weighted by Crippen LogP contribution is 2.31. The summed E-state index contributed by atoms with van der Waals surface area (Å²) in [6, 6.07) is 13.5. The number of carbonyl (C=O) groups is 1. The molecule has 0 fully saturated rings. The molecule has 0 spiro atoms. The monoisotopic (exact) mass is 442 g/mol. The van der Waals surface area contributed by atoms with Crippen LogP contribution in [0.25, 0.3) is 0 Å². The van der Waals surface area contributed by atoms with Crippen LogP contribution < -0.4 is 14.4 Å². The maximum absolute atomic E-state index is 12.5. The number of amides is 1. The van der Waals surface area contributed by atoms with Gasteiger partial charge in [0.05, 0.1) is 24.1 Å². The number of sulfonamides is 1. The summed E-state index contributed by atoms with van der Waals surface area (Å²) in [7, 11) is -2.23. The summed E-state index contributed by atoms with van der Waals surface area (Å²) in [5, 5.41) is 3.05. The van der Waals surface area contributed by atoms with Crippen molar-refractivity contribution in [3.63, 3.8) is 0 Å². The number of halogens is 1. The number of nitrogens with one attached hydrogen (secondary N) is 1. The Morgan fingerprint density at radius 3 is 2.50 bits per heavy atom. The van der Waals surface area contributed by atoms with Crippen LogP contribution in [0.5, 0.6) is 5.75 Å². The molecule has 0 saturated carbocycles. The van der Waals surface area contributed by atoms with Crippen LogP contribution in [0.15, 0.2) is 53.4 Å². The van der Waals surface area contributed by atoms with E-state index in [1.807, 2.05) is 30.3 Å². The summed E-state index contributed by atoms with van der Waals surface area (Å²) in [5.41, 5.74) is 0.301. The molecular weight excluding hydrogens is 420 g/mol. The number of thioether (sulfide) groups is 1. The number of hydrogen-bond acceptors (Lipinski definition) is 5. The molecule has 152 valence electrons. The summed E-state index contributed by atoms with van der Waals surface area (Å²) in [4.78, 5) is 13.6. The maximum Gasteiger partial charge on any atom is 0.243 e. The van der Waals surface area contributed by atoms with Crippen molar-refractivity contribution in [3.8, 4) is 5.75 Å². The third-order valence-electron chi connectivity index (χ3n) is 3.89. The van der Waals surface area contributed by atoms with Crippen molar-refractivity contribution in [3.05, 3.63) is 53.6 Å². The molecule has 0 bridgehead atoms. The van der Waals surface area contributed by atoms with Crippen molar-refractivity contribution in [1.82, 2.24) is 5.32 Å². The van der Waals surface area contributed by atoms with Gasteiger partial charge < -0.3 is 10.1 Å². The second-order valence-electron chi connectivity index (χ2n) is 6.01. The van der Waals surface area contributed by atoms with Crippen LogP contribution in [0.4, 0.5) is 5.69 Å². The number of anilines is 1. The fourth-order valence-electron chi connectivity index (χ4n) is 2.61. The highest BCUT2D eigenvalue weighted by atomic mass is 35.5. The van der Waals surface area contributed by atoms with E-state index in [0.717, 1.165) is 15.5 Å². The topological polar surface area (TPSA) is 75.7 Å². The molecule has 2 aromatic carbocycles. The number of ether oxygens (including phenoxy) is 1. The molecule has 2 rings (SSSR count). The van der Waals surface area contributed by atoms with Crippen LogP contribution >= 0.6 is 23.4 Å². The predicted molar refractivity (Wildman–Crippen MR) is 115 cm³/mol. The number of methoxy groups -OCH3 is 1. The highest BCUT2D eigenvalue weighted by molar-refractivity contribution is 7.99. The Balaban J connectivity index is 2.05. The molecule has 0 aromatic heterocycles. The first-order chi connectivity index (χ1) is 13.2. The summed E-state index contributed by atoms with van der Waals surface area (Å²) >= 11 is 7.73. The number of nitrogens with zero attached hydrogens (tertiary/aromatic N) is 1. The number of hydrogen-bond donors (Lipinski definition) is 1. The average Bonchev–Trinajstić information content (AvgIpc) is 2.65. The first kappa shape index (κ1) is 22.4. The van der Waals surface area contributed by atoms with Gasteiger partial charge in [-0.25, -0.2) is 8.42 Å². The maximum atomic E-state index is 12.5. The molecule has 0 aliphatic heterocycles. The lowest BCUT2D eigenvalue weighted by Crippen LogP contribution is -2.48. The molecule has 6 nitrogen and oxygen atoms in total. The van der Waals surface area contributed by atoms with Crippen LogP contribution in [0.2, 0.25) is 5.02 Å². The van der Waals surface area contributed by atoms with Gasteiger partial charge in [-0.05, 0) is 37.3 Å². The molecule has 9 heteroatoms. The minimum Gasteiger partial charge on any atom is -0.495 e. The third-order valence-corrected chi connectivity index (χ3v) is 6.44. The van der Waals surface area contributed by atoms with Gasteiger partial charge in [0.15, 0.2) is 0 Å². The third kappa shape index (κ3) is 6.05. The van der Waals surface area contributed by atoms with E-state index in [0.29, 0.717) is 23.7 Å². The van der Waals surface area contributed by atoms with Gasteiger partial charge in [-0.2, -0.15) is 0 Å². The first-order valence-corrected chi connectivity index (χ1v) is 11.7. The lowest BCUT2D eigenvalue weighted by molar-refractivity contribution is -0.121. The van der Waals surface area contributed by atoms with Crippen molar-refractivity contribution in [1.29, 1.82) is 0 Å². The van der Waals surface area contributed by atoms with Crippen molar-refractivity contribution in [2.45, 2.75) is 17.9 Å². The van der Waals surface area contributed by atoms with E-state index in [1.54, 1.807) is 30.8 Å². The Labute approximate surface area is 175 Å². The molecule has 0 heterocycles. The van der Waals surface area contributed by atoms with Crippen LogP contribution in [-0.2, 0) is 14.8 Å². The van der Waals surface area contributed by atoms with Crippen molar-refractivity contribution in [2.24, 2.45) is 0 Å².